The predicted octanol–water partition coefficient (Wildman–Crippen LogP) is 3.96. The van der Waals surface area contributed by atoms with Gasteiger partial charge in [0.05, 0.1) is 5.39 Å². The van der Waals surface area contributed by atoms with E-state index >= 15 is 0 Å². The van der Waals surface area contributed by atoms with E-state index in [4.69, 9.17) is 23.2 Å². The normalized spacial score (nSPS) is 11.0. The highest BCUT2D eigenvalue weighted by atomic mass is 35.5. The summed E-state index contributed by atoms with van der Waals surface area (Å²) in [7, 11) is 0. The Kier molecular flexibility index (Phi) is 2.48. The lowest BCUT2D eigenvalue weighted by Crippen LogP contribution is -1.93. The Hall–Kier alpha value is -1.00. The first-order valence-corrected chi connectivity index (χ1v) is 4.55. The van der Waals surface area contributed by atoms with Gasteiger partial charge in [0.1, 0.15) is 16.1 Å². The van der Waals surface area contributed by atoms with Crippen molar-refractivity contribution in [3.8, 4) is 0 Å². The SMILES string of the molecule is Fc1cc(F)c2cc(Cl)nc(Cl)c2c1F. The maximum atomic E-state index is 13.3. The summed E-state index contributed by atoms with van der Waals surface area (Å²) in [6, 6.07) is 1.52. The van der Waals surface area contributed by atoms with Crippen LogP contribution in [-0.2, 0) is 0 Å². The van der Waals surface area contributed by atoms with Gasteiger partial charge in [-0.15, -0.1) is 0 Å². The molecule has 0 radical (unpaired) electrons. The Balaban J connectivity index is 3.03. The minimum Gasteiger partial charge on any atom is -0.224 e. The lowest BCUT2D eigenvalue weighted by atomic mass is 10.1. The van der Waals surface area contributed by atoms with Crippen molar-refractivity contribution in [1.82, 2.24) is 4.98 Å². The van der Waals surface area contributed by atoms with Crippen LogP contribution in [0.1, 0.15) is 0 Å². The summed E-state index contributed by atoms with van der Waals surface area (Å²) in [5.74, 6) is -3.48. The van der Waals surface area contributed by atoms with E-state index in [-0.39, 0.29) is 15.7 Å². The number of hydrogen-bond acceptors (Lipinski definition) is 1. The van der Waals surface area contributed by atoms with E-state index in [0.29, 0.717) is 6.07 Å². The van der Waals surface area contributed by atoms with Gasteiger partial charge in [-0.25, -0.2) is 18.2 Å². The molecule has 6 heteroatoms. The fourth-order valence-electron chi connectivity index (χ4n) is 1.25. The molecule has 0 bridgehead atoms. The van der Waals surface area contributed by atoms with Crippen molar-refractivity contribution in [1.29, 1.82) is 0 Å². The number of halogens is 5. The number of benzene rings is 1. The Labute approximate surface area is 92.4 Å². The third kappa shape index (κ3) is 1.64. The number of pyridine rings is 1. The van der Waals surface area contributed by atoms with Gasteiger partial charge in [0.15, 0.2) is 11.6 Å². The van der Waals surface area contributed by atoms with Crippen LogP contribution >= 0.6 is 23.2 Å². The average molecular weight is 252 g/mol. The molecule has 0 unspecified atom stereocenters. The Morgan fingerprint density at radius 3 is 2.33 bits per heavy atom. The molecule has 0 aliphatic heterocycles. The van der Waals surface area contributed by atoms with Crippen LogP contribution in [0.2, 0.25) is 10.3 Å². The number of nitrogens with zero attached hydrogens (tertiary/aromatic N) is 1. The van der Waals surface area contributed by atoms with Gasteiger partial charge in [-0.05, 0) is 6.07 Å². The molecule has 0 atom stereocenters. The van der Waals surface area contributed by atoms with Crippen molar-refractivity contribution in [3.63, 3.8) is 0 Å². The van der Waals surface area contributed by atoms with Gasteiger partial charge in [0.2, 0.25) is 0 Å². The number of rotatable bonds is 0. The summed E-state index contributed by atoms with van der Waals surface area (Å²) in [4.78, 5) is 3.50. The zero-order chi connectivity index (χ0) is 11.2. The molecule has 0 aliphatic carbocycles. The first kappa shape index (κ1) is 10.5. The molecule has 78 valence electrons. The van der Waals surface area contributed by atoms with Gasteiger partial charge in [-0.2, -0.15) is 0 Å². The highest BCUT2D eigenvalue weighted by molar-refractivity contribution is 6.36. The van der Waals surface area contributed by atoms with Crippen molar-refractivity contribution in [3.05, 3.63) is 39.9 Å². The lowest BCUT2D eigenvalue weighted by molar-refractivity contribution is 0.505. The standard InChI is InChI=1S/C9H2Cl2F3N/c10-6-1-3-4(12)2-5(13)8(14)7(3)9(11)15-6/h1-2H. The molecular weight excluding hydrogens is 250 g/mol. The van der Waals surface area contributed by atoms with Gasteiger partial charge >= 0.3 is 0 Å². The molecule has 0 N–H and O–H groups in total. The average Bonchev–Trinajstić information content (AvgIpc) is 2.13. The molecule has 0 saturated carbocycles. The van der Waals surface area contributed by atoms with Gasteiger partial charge < -0.3 is 0 Å². The van der Waals surface area contributed by atoms with Gasteiger partial charge in [0.25, 0.3) is 0 Å². The summed E-state index contributed by atoms with van der Waals surface area (Å²) < 4.78 is 39.4. The van der Waals surface area contributed by atoms with Crippen molar-refractivity contribution >= 4 is 34.0 Å². The van der Waals surface area contributed by atoms with Crippen LogP contribution in [0.15, 0.2) is 12.1 Å². The monoisotopic (exact) mass is 251 g/mol. The second-order valence-corrected chi connectivity index (χ2v) is 3.56. The summed E-state index contributed by atoms with van der Waals surface area (Å²) in [5.41, 5.74) is 0. The maximum absolute atomic E-state index is 13.3. The Bertz CT molecular complexity index is 557. The van der Waals surface area contributed by atoms with E-state index in [1.165, 1.54) is 0 Å². The molecule has 0 fully saturated rings. The van der Waals surface area contributed by atoms with Crippen LogP contribution in [0.5, 0.6) is 0 Å². The van der Waals surface area contributed by atoms with Crippen LogP contribution in [0, 0.1) is 17.5 Å². The van der Waals surface area contributed by atoms with Crippen molar-refractivity contribution in [2.24, 2.45) is 0 Å². The lowest BCUT2D eigenvalue weighted by Gasteiger charge is -2.04. The van der Waals surface area contributed by atoms with E-state index in [0.717, 1.165) is 6.07 Å². The van der Waals surface area contributed by atoms with E-state index < -0.39 is 22.8 Å². The van der Waals surface area contributed by atoms with Crippen molar-refractivity contribution < 1.29 is 13.2 Å². The molecule has 0 amide bonds. The van der Waals surface area contributed by atoms with Crippen molar-refractivity contribution in [2.75, 3.05) is 0 Å². The first-order chi connectivity index (χ1) is 7.00. The smallest absolute Gasteiger partial charge is 0.169 e. The highest BCUT2D eigenvalue weighted by Crippen LogP contribution is 2.30. The molecular formula is C9H2Cl2F3N. The van der Waals surface area contributed by atoms with Crippen LogP contribution < -0.4 is 0 Å². The molecule has 1 nitrogen and oxygen atoms in total. The summed E-state index contributed by atoms with van der Waals surface area (Å²) in [6.07, 6.45) is 0. The fraction of sp³-hybridized carbons (Fsp3) is 0. The molecule has 0 saturated heterocycles. The Morgan fingerprint density at radius 1 is 1.00 bits per heavy atom. The van der Waals surface area contributed by atoms with Crippen LogP contribution in [0.3, 0.4) is 0 Å². The molecule has 0 aliphatic rings. The molecule has 2 rings (SSSR count). The Morgan fingerprint density at radius 2 is 1.67 bits per heavy atom. The quantitative estimate of drug-likeness (QED) is 0.510. The minimum absolute atomic E-state index is 0.0857. The van der Waals surface area contributed by atoms with E-state index in [9.17, 15) is 13.2 Å². The molecule has 15 heavy (non-hydrogen) atoms. The molecule has 1 aromatic carbocycles. The predicted molar refractivity (Wildman–Crippen MR) is 51.6 cm³/mol. The fourth-order valence-corrected chi connectivity index (χ4v) is 1.77. The summed E-state index contributed by atoms with van der Waals surface area (Å²) in [6.45, 7) is 0. The number of hydrogen-bond donors (Lipinski definition) is 0. The van der Waals surface area contributed by atoms with E-state index in [1.54, 1.807) is 0 Å². The van der Waals surface area contributed by atoms with Crippen molar-refractivity contribution in [2.45, 2.75) is 0 Å². The molecule has 1 aromatic heterocycles. The molecule has 2 aromatic rings. The summed E-state index contributed by atoms with van der Waals surface area (Å²) in [5, 5.41) is -1.05. The van der Waals surface area contributed by atoms with Gasteiger partial charge in [-0.1, -0.05) is 23.2 Å². The van der Waals surface area contributed by atoms with Crippen LogP contribution in [0.4, 0.5) is 13.2 Å². The zero-order valence-electron chi connectivity index (χ0n) is 6.99. The third-order valence-electron chi connectivity index (χ3n) is 1.88. The minimum atomic E-state index is -1.31. The zero-order valence-corrected chi connectivity index (χ0v) is 8.50. The second kappa shape index (κ2) is 3.54. The highest BCUT2D eigenvalue weighted by Gasteiger charge is 2.16. The largest absolute Gasteiger partial charge is 0.224 e. The van der Waals surface area contributed by atoms with E-state index in [2.05, 4.69) is 4.98 Å². The third-order valence-corrected chi connectivity index (χ3v) is 2.35. The second-order valence-electron chi connectivity index (χ2n) is 2.81. The van der Waals surface area contributed by atoms with E-state index in [1.807, 2.05) is 0 Å². The summed E-state index contributed by atoms with van der Waals surface area (Å²) >= 11 is 11.1. The first-order valence-electron chi connectivity index (χ1n) is 3.80. The van der Waals surface area contributed by atoms with Gasteiger partial charge in [-0.3, -0.25) is 0 Å². The van der Waals surface area contributed by atoms with Crippen LogP contribution in [-0.4, -0.2) is 4.98 Å². The van der Waals surface area contributed by atoms with Crippen LogP contribution in [0.25, 0.3) is 10.8 Å². The number of aromatic nitrogens is 1. The number of fused-ring (bicyclic) bond motifs is 1. The molecule has 0 spiro atoms. The topological polar surface area (TPSA) is 12.9 Å². The maximum Gasteiger partial charge on any atom is 0.169 e. The molecule has 1 heterocycles. The van der Waals surface area contributed by atoms with Gasteiger partial charge in [0, 0.05) is 11.5 Å².